The van der Waals surface area contributed by atoms with E-state index in [1.165, 1.54) is 0 Å². The first-order chi connectivity index (χ1) is 15.9. The molecular formula is C27H24NdO6. The van der Waals surface area contributed by atoms with Crippen molar-refractivity contribution in [2.75, 3.05) is 0 Å². The Morgan fingerprint density at radius 2 is 0.647 bits per heavy atom. The van der Waals surface area contributed by atoms with Crippen LogP contribution in [0.15, 0.2) is 109 Å². The van der Waals surface area contributed by atoms with Gasteiger partial charge in [0.2, 0.25) is 0 Å². The standard InChI is InChI=1S/3C9H8O2.Nd/c3*10-9(11)7-6-8-4-2-1-3-5-8;/h3*1-7H,(H,10,11);. The van der Waals surface area contributed by atoms with Gasteiger partial charge in [-0.05, 0) is 34.9 Å². The number of carboxylic acid groups (broad SMARTS) is 3. The SMILES string of the molecule is O=C(O)C=Cc1ccccc1.O=C(O)C=Cc1ccccc1.O=C(O)C=Cc1ccccc1.[Nd]. The molecule has 172 valence electrons. The summed E-state index contributed by atoms with van der Waals surface area (Å²) in [5.74, 6) is -2.77. The van der Waals surface area contributed by atoms with Crippen LogP contribution in [-0.4, -0.2) is 33.2 Å². The molecule has 0 unspecified atom stereocenters. The summed E-state index contributed by atoms with van der Waals surface area (Å²) >= 11 is 0. The first-order valence-corrected chi connectivity index (χ1v) is 9.75. The Labute approximate surface area is 231 Å². The van der Waals surface area contributed by atoms with Gasteiger partial charge in [0.25, 0.3) is 0 Å². The van der Waals surface area contributed by atoms with Crippen LogP contribution in [0.2, 0.25) is 0 Å². The fraction of sp³-hybridized carbons (Fsp3) is 0. The first-order valence-electron chi connectivity index (χ1n) is 9.75. The van der Waals surface area contributed by atoms with E-state index in [0.29, 0.717) is 0 Å². The van der Waals surface area contributed by atoms with Crippen LogP contribution in [0.4, 0.5) is 0 Å². The predicted octanol–water partition coefficient (Wildman–Crippen LogP) is 5.35. The van der Waals surface area contributed by atoms with E-state index in [-0.39, 0.29) is 40.8 Å². The minimum atomic E-state index is -0.922. The quantitative estimate of drug-likeness (QED) is 0.335. The molecule has 0 fully saturated rings. The van der Waals surface area contributed by atoms with Gasteiger partial charge >= 0.3 is 17.9 Å². The van der Waals surface area contributed by atoms with Crippen LogP contribution in [0.25, 0.3) is 18.2 Å². The van der Waals surface area contributed by atoms with Crippen molar-refractivity contribution in [1.29, 1.82) is 0 Å². The van der Waals surface area contributed by atoms with Gasteiger partial charge in [-0.25, -0.2) is 14.4 Å². The van der Waals surface area contributed by atoms with Crippen molar-refractivity contribution in [2.24, 2.45) is 0 Å². The summed E-state index contributed by atoms with van der Waals surface area (Å²) in [6.07, 6.45) is 8.03. The topological polar surface area (TPSA) is 112 Å². The molecule has 0 saturated carbocycles. The average molecular weight is 589 g/mol. The van der Waals surface area contributed by atoms with Crippen molar-refractivity contribution < 1.29 is 70.5 Å². The molecule has 0 spiro atoms. The Morgan fingerprint density at radius 1 is 0.441 bits per heavy atom. The maximum atomic E-state index is 10.1. The summed E-state index contributed by atoms with van der Waals surface area (Å²) in [7, 11) is 0. The van der Waals surface area contributed by atoms with Crippen LogP contribution in [0, 0.1) is 40.8 Å². The van der Waals surface area contributed by atoms with Crippen molar-refractivity contribution in [3.63, 3.8) is 0 Å². The summed E-state index contributed by atoms with van der Waals surface area (Å²) in [5.41, 5.74) is 2.69. The Kier molecular flexibility index (Phi) is 17.2. The van der Waals surface area contributed by atoms with Gasteiger partial charge in [0.15, 0.2) is 0 Å². The van der Waals surface area contributed by atoms with Gasteiger partial charge in [-0.3, -0.25) is 0 Å². The number of rotatable bonds is 6. The van der Waals surface area contributed by atoms with E-state index in [1.54, 1.807) is 18.2 Å². The summed E-state index contributed by atoms with van der Waals surface area (Å²) in [6, 6.07) is 27.9. The zero-order valence-electron chi connectivity index (χ0n) is 18.2. The van der Waals surface area contributed by atoms with Gasteiger partial charge < -0.3 is 15.3 Å². The predicted molar refractivity (Wildman–Crippen MR) is 129 cm³/mol. The molecule has 0 bridgehead atoms. The van der Waals surface area contributed by atoms with Crippen molar-refractivity contribution in [3.05, 3.63) is 126 Å². The minimum absolute atomic E-state index is 0. The molecule has 34 heavy (non-hydrogen) atoms. The van der Waals surface area contributed by atoms with Crippen molar-refractivity contribution in [3.8, 4) is 0 Å². The van der Waals surface area contributed by atoms with Crippen LogP contribution < -0.4 is 0 Å². The van der Waals surface area contributed by atoms with Crippen molar-refractivity contribution >= 4 is 36.1 Å². The molecule has 0 aliphatic heterocycles. The largest absolute Gasteiger partial charge is 0.478 e. The molecule has 0 aliphatic rings. The third-order valence-electron chi connectivity index (χ3n) is 3.65. The van der Waals surface area contributed by atoms with Crippen LogP contribution in [-0.2, 0) is 14.4 Å². The zero-order chi connectivity index (χ0) is 24.3. The van der Waals surface area contributed by atoms with E-state index in [1.807, 2.05) is 91.0 Å². The Balaban J connectivity index is 0.000000473. The van der Waals surface area contributed by atoms with Crippen molar-refractivity contribution in [1.82, 2.24) is 0 Å². The molecule has 3 aromatic carbocycles. The number of aliphatic carboxylic acids is 3. The van der Waals surface area contributed by atoms with Gasteiger partial charge in [-0.15, -0.1) is 0 Å². The van der Waals surface area contributed by atoms with Crippen LogP contribution in [0.5, 0.6) is 0 Å². The van der Waals surface area contributed by atoms with E-state index < -0.39 is 17.9 Å². The third kappa shape index (κ3) is 17.2. The average Bonchev–Trinajstić information content (AvgIpc) is 2.83. The summed E-state index contributed by atoms with van der Waals surface area (Å²) in [6.45, 7) is 0. The number of carboxylic acids is 3. The molecule has 0 aromatic heterocycles. The number of benzene rings is 3. The van der Waals surface area contributed by atoms with E-state index in [0.717, 1.165) is 34.9 Å². The fourth-order valence-corrected chi connectivity index (χ4v) is 2.19. The summed E-state index contributed by atoms with van der Waals surface area (Å²) < 4.78 is 0. The van der Waals surface area contributed by atoms with Gasteiger partial charge in [-0.2, -0.15) is 0 Å². The van der Waals surface area contributed by atoms with Gasteiger partial charge in [0, 0.05) is 59.1 Å². The molecule has 7 heteroatoms. The van der Waals surface area contributed by atoms with Crippen LogP contribution in [0.1, 0.15) is 16.7 Å². The molecule has 0 aliphatic carbocycles. The van der Waals surface area contributed by atoms with Gasteiger partial charge in [-0.1, -0.05) is 91.0 Å². The Hall–Kier alpha value is -3.36. The fourth-order valence-electron chi connectivity index (χ4n) is 2.19. The van der Waals surface area contributed by atoms with Crippen LogP contribution in [0.3, 0.4) is 0 Å². The van der Waals surface area contributed by atoms with Crippen molar-refractivity contribution in [2.45, 2.75) is 0 Å². The number of hydrogen-bond donors (Lipinski definition) is 3. The van der Waals surface area contributed by atoms with E-state index in [2.05, 4.69) is 0 Å². The van der Waals surface area contributed by atoms with Gasteiger partial charge in [0.1, 0.15) is 0 Å². The van der Waals surface area contributed by atoms with E-state index >= 15 is 0 Å². The molecule has 0 radical (unpaired) electrons. The Bertz CT molecular complexity index is 934. The molecule has 3 aromatic rings. The zero-order valence-corrected chi connectivity index (χ0v) is 21.4. The maximum Gasteiger partial charge on any atom is 0.328 e. The number of carbonyl (C=O) groups is 3. The first kappa shape index (κ1) is 30.6. The van der Waals surface area contributed by atoms with E-state index in [9.17, 15) is 14.4 Å². The van der Waals surface area contributed by atoms with Gasteiger partial charge in [0.05, 0.1) is 0 Å². The molecule has 3 N–H and O–H groups in total. The third-order valence-corrected chi connectivity index (χ3v) is 3.65. The van der Waals surface area contributed by atoms with E-state index in [4.69, 9.17) is 15.3 Å². The summed E-state index contributed by atoms with van der Waals surface area (Å²) in [4.78, 5) is 30.3. The molecule has 0 heterocycles. The molecule has 6 nitrogen and oxygen atoms in total. The molecule has 0 saturated heterocycles. The number of hydrogen-bond acceptors (Lipinski definition) is 3. The molecule has 3 rings (SSSR count). The van der Waals surface area contributed by atoms with Crippen LogP contribution >= 0.6 is 0 Å². The second-order valence-electron chi connectivity index (χ2n) is 6.25. The summed E-state index contributed by atoms with van der Waals surface area (Å²) in [5, 5.41) is 24.9. The molecular weight excluding hydrogens is 565 g/mol. The second kappa shape index (κ2) is 19.1. The monoisotopic (exact) mass is 586 g/mol. The second-order valence-corrected chi connectivity index (χ2v) is 6.25. The molecule has 0 atom stereocenters. The normalized spacial score (nSPS) is 9.88. The smallest absolute Gasteiger partial charge is 0.328 e. The Morgan fingerprint density at radius 3 is 0.824 bits per heavy atom. The minimum Gasteiger partial charge on any atom is -0.478 e. The maximum absolute atomic E-state index is 10.1. The molecule has 0 amide bonds.